The third-order valence-corrected chi connectivity index (χ3v) is 5.89. The largest absolute Gasteiger partial charge is 0.396 e. The molecule has 1 fully saturated rings. The van der Waals surface area contributed by atoms with E-state index in [2.05, 4.69) is 59.3 Å². The monoisotopic (exact) mass is 327 g/mol. The number of aromatic nitrogens is 3. The van der Waals surface area contributed by atoms with Crippen LogP contribution < -0.4 is 4.90 Å². The molecule has 0 saturated carbocycles. The van der Waals surface area contributed by atoms with Gasteiger partial charge in [-0.05, 0) is 43.7 Å². The molecule has 3 heterocycles. The fourth-order valence-corrected chi connectivity index (χ4v) is 4.70. The molecule has 0 amide bonds. The van der Waals surface area contributed by atoms with Crippen LogP contribution in [-0.4, -0.2) is 58.4 Å². The molecule has 0 spiro atoms. The minimum atomic E-state index is 0.0979. The van der Waals surface area contributed by atoms with Crippen molar-refractivity contribution in [3.8, 4) is 5.69 Å². The lowest BCUT2D eigenvalue weighted by Crippen LogP contribution is -2.46. The highest BCUT2D eigenvalue weighted by Gasteiger charge is 2.54. The molecule has 6 nitrogen and oxygen atoms in total. The van der Waals surface area contributed by atoms with Crippen LogP contribution in [0.1, 0.15) is 31.0 Å². The maximum Gasteiger partial charge on any atom is 0.0914 e. The molecule has 2 aromatic rings. The molecule has 0 bridgehead atoms. The first kappa shape index (κ1) is 15.6. The highest BCUT2D eigenvalue weighted by atomic mass is 16.3. The zero-order valence-corrected chi connectivity index (χ0v) is 14.6. The number of hydrogen-bond acceptors (Lipinski definition) is 5. The van der Waals surface area contributed by atoms with E-state index in [0.29, 0.717) is 12.6 Å². The Bertz CT molecular complexity index is 758. The van der Waals surface area contributed by atoms with E-state index in [1.54, 1.807) is 0 Å². The topological polar surface area (TPSA) is 57.4 Å². The Morgan fingerprint density at radius 3 is 2.92 bits per heavy atom. The van der Waals surface area contributed by atoms with Crippen LogP contribution in [0.2, 0.25) is 0 Å². The number of nitrogens with zero attached hydrogens (tertiary/aromatic N) is 5. The van der Waals surface area contributed by atoms with E-state index in [-0.39, 0.29) is 12.0 Å². The number of rotatable bonds is 4. The van der Waals surface area contributed by atoms with Crippen molar-refractivity contribution in [2.75, 3.05) is 32.1 Å². The summed E-state index contributed by atoms with van der Waals surface area (Å²) in [5.41, 5.74) is 4.82. The maximum atomic E-state index is 9.06. The van der Waals surface area contributed by atoms with Crippen molar-refractivity contribution in [1.29, 1.82) is 0 Å². The zero-order valence-electron chi connectivity index (χ0n) is 14.6. The van der Waals surface area contributed by atoms with Crippen molar-refractivity contribution in [2.24, 2.45) is 0 Å². The summed E-state index contributed by atoms with van der Waals surface area (Å²) in [5, 5.41) is 17.4. The van der Waals surface area contributed by atoms with E-state index in [4.69, 9.17) is 5.11 Å². The number of aliphatic hydroxyl groups is 1. The van der Waals surface area contributed by atoms with Crippen LogP contribution in [0.4, 0.5) is 5.69 Å². The summed E-state index contributed by atoms with van der Waals surface area (Å²) in [4.78, 5) is 4.89. The molecule has 0 aliphatic carbocycles. The van der Waals surface area contributed by atoms with Crippen LogP contribution in [0, 0.1) is 0 Å². The molecule has 0 unspecified atom stereocenters. The number of likely N-dealkylation sites (tertiary alicyclic amines) is 1. The average Bonchev–Trinajstić information content (AvgIpc) is 3.24. The summed E-state index contributed by atoms with van der Waals surface area (Å²) in [6, 6.07) is 6.60. The van der Waals surface area contributed by atoms with Crippen molar-refractivity contribution in [2.45, 2.75) is 37.8 Å². The molecule has 6 heteroatoms. The fraction of sp³-hybridized carbons (Fsp3) is 0.556. The number of benzene rings is 1. The molecule has 2 atom stereocenters. The van der Waals surface area contributed by atoms with Gasteiger partial charge in [-0.25, -0.2) is 4.68 Å². The van der Waals surface area contributed by atoms with Gasteiger partial charge in [0.1, 0.15) is 0 Å². The molecule has 1 saturated heterocycles. The highest BCUT2D eigenvalue weighted by Crippen LogP contribution is 2.53. The fourth-order valence-electron chi connectivity index (χ4n) is 4.70. The first-order valence-electron chi connectivity index (χ1n) is 8.71. The lowest BCUT2D eigenvalue weighted by molar-refractivity contribution is 0.252. The van der Waals surface area contributed by atoms with Crippen molar-refractivity contribution in [3.05, 3.63) is 35.7 Å². The Labute approximate surface area is 142 Å². The van der Waals surface area contributed by atoms with Crippen molar-refractivity contribution < 1.29 is 5.11 Å². The van der Waals surface area contributed by atoms with E-state index >= 15 is 0 Å². The lowest BCUT2D eigenvalue weighted by Gasteiger charge is -2.34. The number of aliphatic hydroxyl groups excluding tert-OH is 1. The zero-order chi connectivity index (χ0) is 16.9. The van der Waals surface area contributed by atoms with Gasteiger partial charge in [-0.3, -0.25) is 4.90 Å². The van der Waals surface area contributed by atoms with Gasteiger partial charge in [-0.15, -0.1) is 5.10 Å². The third kappa shape index (κ3) is 2.03. The van der Waals surface area contributed by atoms with Gasteiger partial charge in [0, 0.05) is 37.7 Å². The maximum absolute atomic E-state index is 9.06. The molecular formula is C18H25N5O. The molecule has 0 radical (unpaired) electrons. The minimum absolute atomic E-state index is 0.0979. The van der Waals surface area contributed by atoms with E-state index < -0.39 is 0 Å². The summed E-state index contributed by atoms with van der Waals surface area (Å²) in [5.74, 6) is 0. The standard InChI is InChI=1S/C18H25N5O/c1-4-18-8-9-21(2)17(18)22(3)16-6-5-14(11-15(16)18)23-12-13(7-10-24)19-20-23/h5-6,11-12,17,24H,4,7-10H2,1-3H3/t17-,18+/m1/s1. The van der Waals surface area contributed by atoms with Crippen molar-refractivity contribution in [3.63, 3.8) is 0 Å². The predicted octanol–water partition coefficient (Wildman–Crippen LogP) is 1.56. The van der Waals surface area contributed by atoms with Crippen LogP contribution in [0.15, 0.2) is 24.4 Å². The van der Waals surface area contributed by atoms with E-state index in [9.17, 15) is 0 Å². The van der Waals surface area contributed by atoms with Crippen molar-refractivity contribution >= 4 is 5.69 Å². The number of fused-ring (bicyclic) bond motifs is 3. The SMILES string of the molecule is CC[C@@]12CCN(C)[C@@H]1N(C)c1ccc(-n3cc(CCO)nn3)cc12. The smallest absolute Gasteiger partial charge is 0.0914 e. The van der Waals surface area contributed by atoms with Crippen LogP contribution >= 0.6 is 0 Å². The Morgan fingerprint density at radius 1 is 1.33 bits per heavy atom. The first-order valence-corrected chi connectivity index (χ1v) is 8.71. The molecule has 2 aliphatic heterocycles. The van der Waals surface area contributed by atoms with Crippen LogP contribution in [0.25, 0.3) is 5.69 Å². The van der Waals surface area contributed by atoms with Gasteiger partial charge in [0.05, 0.1) is 23.7 Å². The second-order valence-electron chi connectivity index (χ2n) is 7.05. The third-order valence-electron chi connectivity index (χ3n) is 5.89. The summed E-state index contributed by atoms with van der Waals surface area (Å²) < 4.78 is 1.82. The van der Waals surface area contributed by atoms with Crippen molar-refractivity contribution in [1.82, 2.24) is 19.9 Å². The molecule has 1 N–H and O–H groups in total. The van der Waals surface area contributed by atoms with Gasteiger partial charge >= 0.3 is 0 Å². The summed E-state index contributed by atoms with van der Waals surface area (Å²) >= 11 is 0. The van der Waals surface area contributed by atoms with Crippen LogP contribution in [-0.2, 0) is 11.8 Å². The van der Waals surface area contributed by atoms with Gasteiger partial charge < -0.3 is 10.0 Å². The van der Waals surface area contributed by atoms with E-state index in [0.717, 1.165) is 24.3 Å². The minimum Gasteiger partial charge on any atom is -0.396 e. The second-order valence-corrected chi connectivity index (χ2v) is 7.05. The molecule has 1 aromatic heterocycles. The van der Waals surface area contributed by atoms with E-state index in [1.165, 1.54) is 17.7 Å². The van der Waals surface area contributed by atoms with Gasteiger partial charge in [-0.2, -0.15) is 0 Å². The molecule has 1 aromatic carbocycles. The summed E-state index contributed by atoms with van der Waals surface area (Å²) in [6.45, 7) is 3.54. The highest BCUT2D eigenvalue weighted by molar-refractivity contribution is 5.67. The summed E-state index contributed by atoms with van der Waals surface area (Å²) in [6.07, 6.45) is 5.22. The lowest BCUT2D eigenvalue weighted by atomic mass is 9.77. The van der Waals surface area contributed by atoms with Crippen LogP contribution in [0.3, 0.4) is 0 Å². The molecule has 128 valence electrons. The van der Waals surface area contributed by atoms with Gasteiger partial charge in [0.15, 0.2) is 0 Å². The normalized spacial score (nSPS) is 26.0. The predicted molar refractivity (Wildman–Crippen MR) is 93.6 cm³/mol. The number of hydrogen-bond donors (Lipinski definition) is 1. The Balaban J connectivity index is 1.78. The van der Waals surface area contributed by atoms with Gasteiger partial charge in [0.2, 0.25) is 0 Å². The van der Waals surface area contributed by atoms with Gasteiger partial charge in [0.25, 0.3) is 0 Å². The number of anilines is 1. The van der Waals surface area contributed by atoms with E-state index in [1.807, 2.05) is 10.9 Å². The molecule has 24 heavy (non-hydrogen) atoms. The Morgan fingerprint density at radius 2 is 2.17 bits per heavy atom. The summed E-state index contributed by atoms with van der Waals surface area (Å²) in [7, 11) is 4.43. The van der Waals surface area contributed by atoms with Crippen LogP contribution in [0.5, 0.6) is 0 Å². The number of likely N-dealkylation sites (N-methyl/N-ethyl adjacent to an activating group) is 2. The van der Waals surface area contributed by atoms with Gasteiger partial charge in [-0.1, -0.05) is 12.1 Å². The molecular weight excluding hydrogens is 302 g/mol. The molecule has 2 aliphatic rings. The second kappa shape index (κ2) is 5.57. The first-order chi connectivity index (χ1) is 11.6. The molecule has 4 rings (SSSR count). The Hall–Kier alpha value is -1.92. The quantitative estimate of drug-likeness (QED) is 0.923. The average molecular weight is 327 g/mol. The Kier molecular flexibility index (Phi) is 3.62.